The quantitative estimate of drug-likeness (QED) is 0.509. The number of H-pyrrole nitrogens is 1. The highest BCUT2D eigenvalue weighted by molar-refractivity contribution is 5.92. The van der Waals surface area contributed by atoms with Gasteiger partial charge in [0.1, 0.15) is 5.82 Å². The Hall–Kier alpha value is -3.61. The number of hydrogen-bond donors (Lipinski definition) is 3. The lowest BCUT2D eigenvalue weighted by Crippen LogP contribution is -2.08. The van der Waals surface area contributed by atoms with Crippen LogP contribution in [0.5, 0.6) is 0 Å². The number of aromatic nitrogens is 4. The Morgan fingerprint density at radius 1 is 1.00 bits per heavy atom. The van der Waals surface area contributed by atoms with Crippen molar-refractivity contribution in [2.24, 2.45) is 0 Å². The molecule has 0 spiro atoms. The number of anilines is 5. The summed E-state index contributed by atoms with van der Waals surface area (Å²) in [6.45, 7) is 0. The zero-order chi connectivity index (χ0) is 17.9. The minimum Gasteiger partial charge on any atom is -0.378 e. The van der Waals surface area contributed by atoms with E-state index in [1.807, 2.05) is 50.5 Å². The maximum atomic E-state index is 4.55. The van der Waals surface area contributed by atoms with Crippen LogP contribution >= 0.6 is 0 Å². The van der Waals surface area contributed by atoms with Crippen LogP contribution in [0.2, 0.25) is 0 Å². The minimum atomic E-state index is 0.533. The lowest BCUT2D eigenvalue weighted by Gasteiger charge is -2.14. The van der Waals surface area contributed by atoms with Crippen LogP contribution in [0.3, 0.4) is 0 Å². The average molecular weight is 345 g/mol. The van der Waals surface area contributed by atoms with Crippen LogP contribution in [-0.4, -0.2) is 34.3 Å². The van der Waals surface area contributed by atoms with Gasteiger partial charge < -0.3 is 15.5 Å². The van der Waals surface area contributed by atoms with Gasteiger partial charge in [-0.25, -0.2) is 4.98 Å². The molecule has 26 heavy (non-hydrogen) atoms. The Morgan fingerprint density at radius 3 is 2.77 bits per heavy atom. The van der Waals surface area contributed by atoms with E-state index in [9.17, 15) is 0 Å². The van der Waals surface area contributed by atoms with Gasteiger partial charge in [-0.2, -0.15) is 10.1 Å². The van der Waals surface area contributed by atoms with E-state index >= 15 is 0 Å². The molecule has 0 aliphatic carbocycles. The third kappa shape index (κ3) is 3.27. The highest BCUT2D eigenvalue weighted by Gasteiger charge is 2.06. The van der Waals surface area contributed by atoms with Crippen molar-refractivity contribution in [3.05, 3.63) is 60.9 Å². The first-order chi connectivity index (χ1) is 12.7. The number of fused-ring (bicyclic) bond motifs is 1. The lowest BCUT2D eigenvalue weighted by molar-refractivity contribution is 1.12. The summed E-state index contributed by atoms with van der Waals surface area (Å²) in [7, 11) is 4.02. The molecule has 7 nitrogen and oxygen atoms in total. The van der Waals surface area contributed by atoms with Gasteiger partial charge in [-0.3, -0.25) is 5.10 Å². The molecule has 0 unspecified atom stereocenters. The van der Waals surface area contributed by atoms with E-state index in [2.05, 4.69) is 47.8 Å². The molecular formula is C19H19N7. The first-order valence-electron chi connectivity index (χ1n) is 8.25. The molecule has 4 rings (SSSR count). The molecule has 0 radical (unpaired) electrons. The summed E-state index contributed by atoms with van der Waals surface area (Å²) in [6, 6.07) is 15.9. The molecule has 0 saturated heterocycles. The summed E-state index contributed by atoms with van der Waals surface area (Å²) in [5, 5.41) is 14.6. The zero-order valence-corrected chi connectivity index (χ0v) is 14.6. The Balaban J connectivity index is 1.57. The summed E-state index contributed by atoms with van der Waals surface area (Å²) < 4.78 is 0. The molecule has 130 valence electrons. The van der Waals surface area contributed by atoms with Crippen LogP contribution in [0.4, 0.5) is 28.8 Å². The van der Waals surface area contributed by atoms with Crippen molar-refractivity contribution in [2.45, 2.75) is 0 Å². The lowest BCUT2D eigenvalue weighted by atomic mass is 10.2. The smallest absolute Gasteiger partial charge is 0.229 e. The second-order valence-corrected chi connectivity index (χ2v) is 6.10. The second-order valence-electron chi connectivity index (χ2n) is 6.10. The Bertz CT molecular complexity index is 1040. The molecule has 0 amide bonds. The number of rotatable bonds is 5. The molecule has 2 aromatic heterocycles. The predicted molar refractivity (Wildman–Crippen MR) is 105 cm³/mol. The van der Waals surface area contributed by atoms with Crippen LogP contribution in [0.15, 0.2) is 60.9 Å². The van der Waals surface area contributed by atoms with Crippen LogP contribution in [0.25, 0.3) is 10.9 Å². The summed E-state index contributed by atoms with van der Waals surface area (Å²) >= 11 is 0. The molecular weight excluding hydrogens is 326 g/mol. The molecule has 0 fully saturated rings. The van der Waals surface area contributed by atoms with Crippen molar-refractivity contribution in [1.82, 2.24) is 20.2 Å². The summed E-state index contributed by atoms with van der Waals surface area (Å²) in [6.07, 6.45) is 3.52. The van der Waals surface area contributed by atoms with Crippen LogP contribution in [0.1, 0.15) is 0 Å². The Kier molecular flexibility index (Phi) is 4.10. The van der Waals surface area contributed by atoms with E-state index in [-0.39, 0.29) is 0 Å². The van der Waals surface area contributed by atoms with Crippen LogP contribution < -0.4 is 15.5 Å². The van der Waals surface area contributed by atoms with Gasteiger partial charge in [0.05, 0.1) is 17.4 Å². The largest absolute Gasteiger partial charge is 0.378 e. The van der Waals surface area contributed by atoms with E-state index in [0.717, 1.165) is 28.0 Å². The molecule has 0 aliphatic heterocycles. The number of hydrogen-bond acceptors (Lipinski definition) is 6. The number of nitrogens with zero attached hydrogens (tertiary/aromatic N) is 4. The molecule has 2 aromatic carbocycles. The van der Waals surface area contributed by atoms with Crippen molar-refractivity contribution < 1.29 is 0 Å². The highest BCUT2D eigenvalue weighted by atomic mass is 15.1. The van der Waals surface area contributed by atoms with Crippen molar-refractivity contribution in [3.63, 3.8) is 0 Å². The van der Waals surface area contributed by atoms with Gasteiger partial charge in [0, 0.05) is 37.1 Å². The second kappa shape index (κ2) is 6.72. The molecule has 3 N–H and O–H groups in total. The van der Waals surface area contributed by atoms with E-state index < -0.39 is 0 Å². The fourth-order valence-electron chi connectivity index (χ4n) is 2.69. The maximum Gasteiger partial charge on any atom is 0.229 e. The Morgan fingerprint density at radius 2 is 1.88 bits per heavy atom. The summed E-state index contributed by atoms with van der Waals surface area (Å²) in [5.74, 6) is 1.24. The van der Waals surface area contributed by atoms with E-state index in [4.69, 9.17) is 0 Å². The molecule has 0 atom stereocenters. The van der Waals surface area contributed by atoms with Crippen molar-refractivity contribution in [2.75, 3.05) is 29.6 Å². The predicted octanol–water partition coefficient (Wildman–Crippen LogP) is 3.91. The molecule has 4 aromatic rings. The van der Waals surface area contributed by atoms with Gasteiger partial charge in [-0.05, 0) is 36.4 Å². The fraction of sp³-hybridized carbons (Fsp3) is 0.105. The zero-order valence-electron chi connectivity index (χ0n) is 14.6. The Labute approximate surface area is 151 Å². The summed E-state index contributed by atoms with van der Waals surface area (Å²) in [4.78, 5) is 10.9. The normalized spacial score (nSPS) is 10.7. The van der Waals surface area contributed by atoms with Gasteiger partial charge in [-0.15, -0.1) is 0 Å². The molecule has 7 heteroatoms. The number of benzene rings is 2. The van der Waals surface area contributed by atoms with Gasteiger partial charge in [0.25, 0.3) is 0 Å². The molecule has 0 bridgehead atoms. The maximum absolute atomic E-state index is 4.55. The fourth-order valence-corrected chi connectivity index (χ4v) is 2.69. The number of nitrogens with one attached hydrogen (secondary N) is 3. The topological polar surface area (TPSA) is 81.8 Å². The highest BCUT2D eigenvalue weighted by Crippen LogP contribution is 2.25. The molecule has 0 saturated carbocycles. The van der Waals surface area contributed by atoms with Crippen LogP contribution in [0, 0.1) is 0 Å². The van der Waals surface area contributed by atoms with Crippen molar-refractivity contribution in [1.29, 1.82) is 0 Å². The van der Waals surface area contributed by atoms with Gasteiger partial charge in [0.2, 0.25) is 5.95 Å². The SMILES string of the molecule is CN(C)c1cccc(Nc2nccc(Nc3cccc4[nH]ncc34)n2)c1. The monoisotopic (exact) mass is 345 g/mol. The first-order valence-corrected chi connectivity index (χ1v) is 8.25. The third-order valence-electron chi connectivity index (χ3n) is 4.02. The molecule has 2 heterocycles. The average Bonchev–Trinajstić information content (AvgIpc) is 3.12. The summed E-state index contributed by atoms with van der Waals surface area (Å²) in [5.41, 5.74) is 3.96. The van der Waals surface area contributed by atoms with E-state index in [1.54, 1.807) is 12.4 Å². The molecule has 0 aliphatic rings. The number of aromatic amines is 1. The third-order valence-corrected chi connectivity index (χ3v) is 4.02. The standard InChI is InChI=1S/C19H19N7/c1-26(2)14-6-3-5-13(11-14)22-19-20-10-9-18(24-19)23-16-7-4-8-17-15(16)12-21-25-17/h3-12H,1-2H3,(H,21,25)(H2,20,22,23,24). The van der Waals surface area contributed by atoms with Gasteiger partial charge in [-0.1, -0.05) is 12.1 Å². The van der Waals surface area contributed by atoms with Crippen molar-refractivity contribution >= 4 is 39.7 Å². The van der Waals surface area contributed by atoms with Gasteiger partial charge in [0.15, 0.2) is 0 Å². The van der Waals surface area contributed by atoms with E-state index in [1.165, 1.54) is 0 Å². The minimum absolute atomic E-state index is 0.533. The van der Waals surface area contributed by atoms with Crippen molar-refractivity contribution in [3.8, 4) is 0 Å². The van der Waals surface area contributed by atoms with Crippen LogP contribution in [-0.2, 0) is 0 Å². The van der Waals surface area contributed by atoms with E-state index in [0.29, 0.717) is 11.8 Å². The van der Waals surface area contributed by atoms with Gasteiger partial charge >= 0.3 is 0 Å². The first kappa shape index (κ1) is 15.9.